The fourth-order valence-electron chi connectivity index (χ4n) is 2.55. The van der Waals surface area contributed by atoms with E-state index in [1.165, 1.54) is 24.0 Å². The van der Waals surface area contributed by atoms with E-state index in [-0.39, 0.29) is 0 Å². The SMILES string of the molecule is CC(Cc1ccc(Cl)cc1)c1ccc(OCCCCCBr)cc1. The van der Waals surface area contributed by atoms with Gasteiger partial charge in [0.05, 0.1) is 6.61 Å². The summed E-state index contributed by atoms with van der Waals surface area (Å²) in [4.78, 5) is 0. The molecule has 0 N–H and O–H groups in total. The van der Waals surface area contributed by atoms with Gasteiger partial charge in [0, 0.05) is 10.4 Å². The molecule has 0 bridgehead atoms. The zero-order valence-corrected chi connectivity index (χ0v) is 15.9. The lowest BCUT2D eigenvalue weighted by molar-refractivity contribution is 0.306. The molecule has 2 rings (SSSR count). The lowest BCUT2D eigenvalue weighted by Gasteiger charge is -2.13. The predicted molar refractivity (Wildman–Crippen MR) is 103 cm³/mol. The molecule has 23 heavy (non-hydrogen) atoms. The maximum atomic E-state index is 5.94. The highest BCUT2D eigenvalue weighted by molar-refractivity contribution is 9.09. The number of halogens is 2. The molecule has 1 nitrogen and oxygen atoms in total. The number of benzene rings is 2. The zero-order chi connectivity index (χ0) is 16.5. The van der Waals surface area contributed by atoms with Gasteiger partial charge in [0.1, 0.15) is 5.75 Å². The fourth-order valence-corrected chi connectivity index (χ4v) is 3.07. The topological polar surface area (TPSA) is 9.23 Å². The Kier molecular flexibility index (Phi) is 7.98. The number of unbranched alkanes of at least 4 members (excludes halogenated alkanes) is 2. The summed E-state index contributed by atoms with van der Waals surface area (Å²) in [5.74, 6) is 1.44. The van der Waals surface area contributed by atoms with Crippen LogP contribution in [-0.4, -0.2) is 11.9 Å². The predicted octanol–water partition coefficient (Wildman–Crippen LogP) is 6.63. The highest BCUT2D eigenvalue weighted by atomic mass is 79.9. The molecule has 0 aliphatic rings. The average molecular weight is 396 g/mol. The van der Waals surface area contributed by atoms with E-state index in [9.17, 15) is 0 Å². The molecule has 3 heteroatoms. The second kappa shape index (κ2) is 10.00. The van der Waals surface area contributed by atoms with E-state index in [0.717, 1.165) is 35.6 Å². The van der Waals surface area contributed by atoms with Crippen molar-refractivity contribution in [2.75, 3.05) is 11.9 Å². The summed E-state index contributed by atoms with van der Waals surface area (Å²) in [5, 5.41) is 1.87. The van der Waals surface area contributed by atoms with Crippen molar-refractivity contribution in [1.82, 2.24) is 0 Å². The first-order valence-corrected chi connectivity index (χ1v) is 9.72. The van der Waals surface area contributed by atoms with Gasteiger partial charge in [-0.05, 0) is 67.0 Å². The van der Waals surface area contributed by atoms with Crippen LogP contribution in [-0.2, 0) is 6.42 Å². The van der Waals surface area contributed by atoms with Crippen molar-refractivity contribution < 1.29 is 4.74 Å². The van der Waals surface area contributed by atoms with E-state index in [4.69, 9.17) is 16.3 Å². The summed E-state index contributed by atoms with van der Waals surface area (Å²) in [7, 11) is 0. The number of ether oxygens (including phenoxy) is 1. The van der Waals surface area contributed by atoms with Gasteiger partial charge in [0.2, 0.25) is 0 Å². The maximum absolute atomic E-state index is 5.94. The van der Waals surface area contributed by atoms with Gasteiger partial charge in [-0.15, -0.1) is 0 Å². The van der Waals surface area contributed by atoms with Crippen LogP contribution < -0.4 is 4.74 Å². The molecule has 0 saturated carbocycles. The average Bonchev–Trinajstić information content (AvgIpc) is 2.57. The molecule has 0 heterocycles. The van der Waals surface area contributed by atoms with Gasteiger partial charge in [-0.3, -0.25) is 0 Å². The van der Waals surface area contributed by atoms with Crippen molar-refractivity contribution in [2.24, 2.45) is 0 Å². The maximum Gasteiger partial charge on any atom is 0.119 e. The second-order valence-electron chi connectivity index (χ2n) is 5.90. The lowest BCUT2D eigenvalue weighted by atomic mass is 9.94. The van der Waals surface area contributed by atoms with Gasteiger partial charge in [-0.25, -0.2) is 0 Å². The molecular formula is C20H24BrClO. The minimum atomic E-state index is 0.476. The molecule has 1 unspecified atom stereocenters. The molecule has 0 aliphatic carbocycles. The highest BCUT2D eigenvalue weighted by Gasteiger charge is 2.07. The molecule has 0 spiro atoms. The molecule has 0 amide bonds. The molecule has 2 aromatic carbocycles. The monoisotopic (exact) mass is 394 g/mol. The second-order valence-corrected chi connectivity index (χ2v) is 7.13. The molecule has 1 atom stereocenters. The molecule has 0 aliphatic heterocycles. The van der Waals surface area contributed by atoms with Crippen LogP contribution in [0.4, 0.5) is 0 Å². The van der Waals surface area contributed by atoms with Crippen molar-refractivity contribution in [3.63, 3.8) is 0 Å². The van der Waals surface area contributed by atoms with Crippen LogP contribution in [0.15, 0.2) is 48.5 Å². The Balaban J connectivity index is 1.82. The van der Waals surface area contributed by atoms with E-state index < -0.39 is 0 Å². The van der Waals surface area contributed by atoms with Crippen LogP contribution in [0.3, 0.4) is 0 Å². The van der Waals surface area contributed by atoms with Crippen LogP contribution >= 0.6 is 27.5 Å². The summed E-state index contributed by atoms with van der Waals surface area (Å²) < 4.78 is 5.79. The molecule has 124 valence electrons. The molecular weight excluding hydrogens is 372 g/mol. The van der Waals surface area contributed by atoms with Crippen molar-refractivity contribution >= 4 is 27.5 Å². The van der Waals surface area contributed by atoms with Crippen LogP contribution in [0.2, 0.25) is 5.02 Å². The summed E-state index contributed by atoms with van der Waals surface area (Å²) in [6, 6.07) is 16.6. The van der Waals surface area contributed by atoms with E-state index in [2.05, 4.69) is 59.3 Å². The number of alkyl halides is 1. The summed E-state index contributed by atoms with van der Waals surface area (Å²) in [5.41, 5.74) is 2.65. The Morgan fingerprint density at radius 2 is 1.65 bits per heavy atom. The Morgan fingerprint density at radius 3 is 2.30 bits per heavy atom. The number of hydrogen-bond acceptors (Lipinski definition) is 1. The first-order chi connectivity index (χ1) is 11.2. The van der Waals surface area contributed by atoms with Crippen LogP contribution in [0.5, 0.6) is 5.75 Å². The number of hydrogen-bond donors (Lipinski definition) is 0. The normalized spacial score (nSPS) is 12.1. The Hall–Kier alpha value is -0.990. The molecule has 0 saturated heterocycles. The summed E-state index contributed by atoms with van der Waals surface area (Å²) >= 11 is 9.38. The third-order valence-corrected chi connectivity index (χ3v) is 4.76. The Labute approximate surface area is 153 Å². The lowest BCUT2D eigenvalue weighted by Crippen LogP contribution is -2.00. The van der Waals surface area contributed by atoms with Gasteiger partial charge < -0.3 is 4.74 Å². The van der Waals surface area contributed by atoms with Gasteiger partial charge in [0.15, 0.2) is 0 Å². The molecule has 0 aromatic heterocycles. The van der Waals surface area contributed by atoms with Crippen molar-refractivity contribution in [3.8, 4) is 5.75 Å². The largest absolute Gasteiger partial charge is 0.494 e. The van der Waals surface area contributed by atoms with Crippen molar-refractivity contribution in [1.29, 1.82) is 0 Å². The minimum Gasteiger partial charge on any atom is -0.494 e. The van der Waals surface area contributed by atoms with Crippen LogP contribution in [0.25, 0.3) is 0 Å². The fraction of sp³-hybridized carbons (Fsp3) is 0.400. The smallest absolute Gasteiger partial charge is 0.119 e. The van der Waals surface area contributed by atoms with Gasteiger partial charge >= 0.3 is 0 Å². The standard InChI is InChI=1S/C20H24BrClO/c1-16(15-17-5-9-19(22)10-6-17)18-7-11-20(12-8-18)23-14-4-2-3-13-21/h5-12,16H,2-4,13-15H2,1H3. The van der Waals surface area contributed by atoms with E-state index in [1.807, 2.05) is 12.1 Å². The van der Waals surface area contributed by atoms with Crippen LogP contribution in [0, 0.1) is 0 Å². The molecule has 0 fully saturated rings. The van der Waals surface area contributed by atoms with Gasteiger partial charge in [-0.2, -0.15) is 0 Å². The quantitative estimate of drug-likeness (QED) is 0.342. The van der Waals surface area contributed by atoms with Crippen LogP contribution in [0.1, 0.15) is 43.2 Å². The first-order valence-electron chi connectivity index (χ1n) is 8.22. The highest BCUT2D eigenvalue weighted by Crippen LogP contribution is 2.23. The first kappa shape index (κ1) is 18.4. The molecule has 0 radical (unpaired) electrons. The Morgan fingerprint density at radius 1 is 0.957 bits per heavy atom. The third kappa shape index (κ3) is 6.56. The Bertz CT molecular complexity index is 565. The van der Waals surface area contributed by atoms with Crippen molar-refractivity contribution in [3.05, 3.63) is 64.7 Å². The van der Waals surface area contributed by atoms with Crippen molar-refractivity contribution in [2.45, 2.75) is 38.5 Å². The van der Waals surface area contributed by atoms with E-state index >= 15 is 0 Å². The molecule has 2 aromatic rings. The van der Waals surface area contributed by atoms with E-state index in [1.54, 1.807) is 0 Å². The summed E-state index contributed by atoms with van der Waals surface area (Å²) in [6.07, 6.45) is 4.55. The van der Waals surface area contributed by atoms with Gasteiger partial charge in [0.25, 0.3) is 0 Å². The summed E-state index contributed by atoms with van der Waals surface area (Å²) in [6.45, 7) is 3.05. The third-order valence-electron chi connectivity index (χ3n) is 3.95. The van der Waals surface area contributed by atoms with E-state index in [0.29, 0.717) is 5.92 Å². The zero-order valence-electron chi connectivity index (χ0n) is 13.6. The minimum absolute atomic E-state index is 0.476. The number of rotatable bonds is 9. The van der Waals surface area contributed by atoms with Gasteiger partial charge in [-0.1, -0.05) is 58.7 Å².